The van der Waals surface area contributed by atoms with Crippen LogP contribution >= 0.6 is 0 Å². The summed E-state index contributed by atoms with van der Waals surface area (Å²) in [6.07, 6.45) is 10.5. The van der Waals surface area contributed by atoms with Crippen LogP contribution in [0, 0.1) is 28.6 Å². The van der Waals surface area contributed by atoms with E-state index in [4.69, 9.17) is 4.74 Å². The van der Waals surface area contributed by atoms with Gasteiger partial charge in [-0.15, -0.1) is 0 Å². The number of aliphatic hydroxyl groups is 1. The zero-order valence-electron chi connectivity index (χ0n) is 17.0. The maximum Gasteiger partial charge on any atom is 0.305 e. The van der Waals surface area contributed by atoms with E-state index in [-0.39, 0.29) is 16.6 Å². The van der Waals surface area contributed by atoms with Crippen molar-refractivity contribution in [1.82, 2.24) is 0 Å². The van der Waals surface area contributed by atoms with E-state index in [1.54, 1.807) is 6.92 Å². The molecular formula is C23H32O4. The van der Waals surface area contributed by atoms with Crippen molar-refractivity contribution < 1.29 is 19.4 Å². The molecule has 148 valence electrons. The average Bonchev–Trinajstić information content (AvgIpc) is 2.92. The molecule has 0 aromatic rings. The van der Waals surface area contributed by atoms with Gasteiger partial charge in [0.2, 0.25) is 5.79 Å². The highest BCUT2D eigenvalue weighted by Gasteiger charge is 2.58. The molecule has 0 unspecified atom stereocenters. The Kier molecular flexibility index (Phi) is 4.23. The zero-order valence-corrected chi connectivity index (χ0v) is 17.0. The summed E-state index contributed by atoms with van der Waals surface area (Å²) in [5.74, 6) is 0.185. The number of carbonyl (C=O) groups excluding carboxylic acids is 2. The number of carbonyl (C=O) groups is 2. The van der Waals surface area contributed by atoms with Crippen molar-refractivity contribution in [3.05, 3.63) is 23.3 Å². The van der Waals surface area contributed by atoms with E-state index in [9.17, 15) is 14.7 Å². The fraction of sp³-hybridized carbons (Fsp3) is 0.739. The molecule has 0 aliphatic heterocycles. The summed E-state index contributed by atoms with van der Waals surface area (Å²) in [5, 5.41) is 10.7. The monoisotopic (exact) mass is 372 g/mol. The largest absolute Gasteiger partial charge is 0.433 e. The number of rotatable bonds is 2. The van der Waals surface area contributed by atoms with Crippen LogP contribution < -0.4 is 0 Å². The number of Topliss-reactive ketones (excluding diaryl/α,β-unsaturated/α-hetero) is 1. The Morgan fingerprint density at radius 3 is 2.44 bits per heavy atom. The van der Waals surface area contributed by atoms with Crippen molar-refractivity contribution >= 4 is 11.8 Å². The van der Waals surface area contributed by atoms with E-state index in [0.717, 1.165) is 37.7 Å². The fourth-order valence-corrected chi connectivity index (χ4v) is 7.09. The predicted molar refractivity (Wildman–Crippen MR) is 103 cm³/mol. The Hall–Kier alpha value is -1.42. The average molecular weight is 373 g/mol. The maximum atomic E-state index is 12.2. The highest BCUT2D eigenvalue weighted by molar-refractivity contribution is 5.95. The van der Waals surface area contributed by atoms with Crippen LogP contribution in [-0.4, -0.2) is 22.6 Å². The Morgan fingerprint density at radius 1 is 1.04 bits per heavy atom. The summed E-state index contributed by atoms with van der Waals surface area (Å²) in [6.45, 7) is 7.72. The summed E-state index contributed by atoms with van der Waals surface area (Å²) >= 11 is 0. The van der Waals surface area contributed by atoms with Gasteiger partial charge < -0.3 is 9.84 Å². The number of ketones is 1. The van der Waals surface area contributed by atoms with Crippen LogP contribution in [0.15, 0.2) is 23.3 Å². The lowest BCUT2D eigenvalue weighted by atomic mass is 9.47. The van der Waals surface area contributed by atoms with Gasteiger partial charge in [-0.05, 0) is 73.2 Å². The lowest BCUT2D eigenvalue weighted by Crippen LogP contribution is -2.52. The SMILES string of the molecule is CC(=O)O[C@]1(O)CC[C@@]2(C)C(=CC[C@@H]3[C@@H]2CC[C@]2(C)C(C(C)=O)=CC[C@@H]32)C1. The third-order valence-corrected chi connectivity index (χ3v) is 8.42. The highest BCUT2D eigenvalue weighted by atomic mass is 16.7. The van der Waals surface area contributed by atoms with Gasteiger partial charge in [0.1, 0.15) is 0 Å². The van der Waals surface area contributed by atoms with Gasteiger partial charge in [0.05, 0.1) is 0 Å². The molecule has 1 N–H and O–H groups in total. The molecule has 27 heavy (non-hydrogen) atoms. The summed E-state index contributed by atoms with van der Waals surface area (Å²) < 4.78 is 5.26. The van der Waals surface area contributed by atoms with Gasteiger partial charge in [0, 0.05) is 19.8 Å². The Balaban J connectivity index is 1.61. The van der Waals surface area contributed by atoms with Crippen LogP contribution in [0.4, 0.5) is 0 Å². The minimum atomic E-state index is -1.34. The summed E-state index contributed by atoms with van der Waals surface area (Å²) in [6, 6.07) is 0. The predicted octanol–water partition coefficient (Wildman–Crippen LogP) is 4.33. The quantitative estimate of drug-likeness (QED) is 0.445. The second kappa shape index (κ2) is 6.04. The van der Waals surface area contributed by atoms with Gasteiger partial charge >= 0.3 is 5.97 Å². The molecule has 0 saturated heterocycles. The summed E-state index contributed by atoms with van der Waals surface area (Å²) in [5.41, 5.74) is 2.41. The van der Waals surface area contributed by atoms with E-state index in [2.05, 4.69) is 26.0 Å². The molecule has 0 bridgehead atoms. The molecule has 4 aliphatic carbocycles. The van der Waals surface area contributed by atoms with E-state index in [0.29, 0.717) is 30.6 Å². The van der Waals surface area contributed by atoms with Crippen molar-refractivity contribution in [2.24, 2.45) is 28.6 Å². The molecule has 2 saturated carbocycles. The van der Waals surface area contributed by atoms with Crippen molar-refractivity contribution in [3.63, 3.8) is 0 Å². The zero-order chi connectivity index (χ0) is 19.6. The van der Waals surface area contributed by atoms with Gasteiger partial charge in [0.25, 0.3) is 0 Å². The fourth-order valence-electron chi connectivity index (χ4n) is 7.09. The third-order valence-electron chi connectivity index (χ3n) is 8.42. The molecular weight excluding hydrogens is 340 g/mol. The first-order chi connectivity index (χ1) is 12.6. The standard InChI is InChI=1S/C23H32O4/c1-14(24)18-7-8-19-17-6-5-16-13-23(26,27-15(2)25)12-11-21(16,3)20(17)9-10-22(18,19)4/h5,7,17,19-20,26H,6,8-13H2,1-4H3/t17-,19-,20-,21-,22+,23+/m0/s1. The van der Waals surface area contributed by atoms with E-state index >= 15 is 0 Å². The minimum Gasteiger partial charge on any atom is -0.433 e. The normalized spacial score (nSPS) is 45.7. The molecule has 0 spiro atoms. The second-order valence-corrected chi connectivity index (χ2v) is 9.84. The first kappa shape index (κ1) is 18.9. The van der Waals surface area contributed by atoms with E-state index < -0.39 is 11.8 Å². The lowest BCUT2D eigenvalue weighted by molar-refractivity contribution is -0.221. The Labute approximate surface area is 162 Å². The third kappa shape index (κ3) is 2.74. The van der Waals surface area contributed by atoms with Crippen molar-refractivity contribution in [2.45, 2.75) is 78.4 Å². The molecule has 4 aliphatic rings. The van der Waals surface area contributed by atoms with Crippen molar-refractivity contribution in [3.8, 4) is 0 Å². The number of ether oxygens (including phenoxy) is 1. The molecule has 0 heterocycles. The van der Waals surface area contributed by atoms with Crippen LogP contribution in [0.1, 0.15) is 72.6 Å². The second-order valence-electron chi connectivity index (χ2n) is 9.84. The first-order valence-electron chi connectivity index (χ1n) is 10.4. The summed E-state index contributed by atoms with van der Waals surface area (Å²) in [4.78, 5) is 23.6. The van der Waals surface area contributed by atoms with Crippen LogP contribution in [0.2, 0.25) is 0 Å². The van der Waals surface area contributed by atoms with Crippen molar-refractivity contribution in [2.75, 3.05) is 0 Å². The molecule has 4 nitrogen and oxygen atoms in total. The molecule has 0 amide bonds. The smallest absolute Gasteiger partial charge is 0.305 e. The van der Waals surface area contributed by atoms with Gasteiger partial charge in [-0.1, -0.05) is 31.6 Å². The topological polar surface area (TPSA) is 63.6 Å². The van der Waals surface area contributed by atoms with Gasteiger partial charge in [-0.25, -0.2) is 0 Å². The number of fused-ring (bicyclic) bond motifs is 5. The molecule has 0 aromatic heterocycles. The van der Waals surface area contributed by atoms with E-state index in [1.807, 2.05) is 0 Å². The van der Waals surface area contributed by atoms with Crippen LogP contribution in [0.5, 0.6) is 0 Å². The maximum absolute atomic E-state index is 12.2. The molecule has 0 aromatic carbocycles. The highest BCUT2D eigenvalue weighted by Crippen LogP contribution is 2.65. The number of esters is 1. The molecule has 0 radical (unpaired) electrons. The number of allylic oxidation sites excluding steroid dienone is 3. The first-order valence-corrected chi connectivity index (χ1v) is 10.4. The van der Waals surface area contributed by atoms with E-state index in [1.165, 1.54) is 12.5 Å². The van der Waals surface area contributed by atoms with Gasteiger partial charge in [-0.2, -0.15) is 0 Å². The molecule has 4 heteroatoms. The van der Waals surface area contributed by atoms with Crippen molar-refractivity contribution in [1.29, 1.82) is 0 Å². The Morgan fingerprint density at radius 2 is 1.78 bits per heavy atom. The molecule has 6 atom stereocenters. The Bertz CT molecular complexity index is 749. The minimum absolute atomic E-state index is 0.0296. The van der Waals surface area contributed by atoms with Crippen LogP contribution in [0.3, 0.4) is 0 Å². The molecule has 4 rings (SSSR count). The number of hydrogen-bond acceptors (Lipinski definition) is 4. The van der Waals surface area contributed by atoms with Gasteiger partial charge in [0.15, 0.2) is 5.78 Å². The molecule has 2 fully saturated rings. The number of hydrogen-bond donors (Lipinski definition) is 1. The van der Waals surface area contributed by atoms with Crippen LogP contribution in [0.25, 0.3) is 0 Å². The lowest BCUT2D eigenvalue weighted by Gasteiger charge is -2.58. The van der Waals surface area contributed by atoms with Crippen LogP contribution in [-0.2, 0) is 14.3 Å². The van der Waals surface area contributed by atoms with Gasteiger partial charge in [-0.3, -0.25) is 9.59 Å². The summed E-state index contributed by atoms with van der Waals surface area (Å²) in [7, 11) is 0.